The van der Waals surface area contributed by atoms with Gasteiger partial charge in [0.2, 0.25) is 0 Å². The maximum atomic E-state index is 12.7. The lowest BCUT2D eigenvalue weighted by molar-refractivity contribution is 0.240. The number of hydrogen-bond donors (Lipinski definition) is 1. The summed E-state index contributed by atoms with van der Waals surface area (Å²) in [4.78, 5) is 27.3. The minimum absolute atomic E-state index is 0.0115. The Morgan fingerprint density at radius 2 is 2.04 bits per heavy atom. The van der Waals surface area contributed by atoms with Crippen molar-refractivity contribution in [1.29, 1.82) is 0 Å². The van der Waals surface area contributed by atoms with E-state index in [2.05, 4.69) is 26.9 Å². The molecule has 2 aliphatic rings. The van der Waals surface area contributed by atoms with Crippen molar-refractivity contribution in [3.05, 3.63) is 44.4 Å². The van der Waals surface area contributed by atoms with Gasteiger partial charge in [-0.15, -0.1) is 0 Å². The normalized spacial score (nSPS) is 17.9. The minimum atomic E-state index is -0.0115. The zero-order valence-electron chi connectivity index (χ0n) is 15.8. The molecule has 0 saturated carbocycles. The van der Waals surface area contributed by atoms with Crippen LogP contribution in [0.2, 0.25) is 0 Å². The predicted molar refractivity (Wildman–Crippen MR) is 101 cm³/mol. The lowest BCUT2D eigenvalue weighted by Crippen LogP contribution is -2.36. The molecule has 0 amide bonds. The van der Waals surface area contributed by atoms with Gasteiger partial charge in [-0.1, -0.05) is 0 Å². The highest BCUT2D eigenvalue weighted by atomic mass is 16.1. The summed E-state index contributed by atoms with van der Waals surface area (Å²) in [7, 11) is 1.97. The number of fused-ring (bicyclic) bond motifs is 1. The van der Waals surface area contributed by atoms with Gasteiger partial charge >= 0.3 is 0 Å². The number of nitrogens with one attached hydrogen (secondary N) is 1. The smallest absolute Gasteiger partial charge is 0.255 e. The summed E-state index contributed by atoms with van der Waals surface area (Å²) in [5, 5.41) is 4.50. The van der Waals surface area contributed by atoms with Gasteiger partial charge in [-0.25, -0.2) is 4.98 Å². The summed E-state index contributed by atoms with van der Waals surface area (Å²) in [5.74, 6) is 0.681. The zero-order chi connectivity index (χ0) is 18.3. The van der Waals surface area contributed by atoms with Gasteiger partial charge in [0.25, 0.3) is 5.56 Å². The van der Waals surface area contributed by atoms with E-state index < -0.39 is 0 Å². The monoisotopic (exact) mass is 354 g/mol. The molecule has 0 aromatic carbocycles. The Hall–Kier alpha value is -2.28. The number of aromatic nitrogens is 4. The molecule has 2 aromatic rings. The third kappa shape index (κ3) is 3.11. The number of aromatic amines is 1. The Labute approximate surface area is 153 Å². The molecule has 4 rings (SSSR count). The molecule has 0 aliphatic carbocycles. The van der Waals surface area contributed by atoms with E-state index in [1.807, 2.05) is 18.7 Å². The van der Waals surface area contributed by atoms with Crippen LogP contribution in [0, 0.1) is 13.8 Å². The molecule has 7 heteroatoms. The number of aryl methyl sites for hydroxylation is 2. The van der Waals surface area contributed by atoms with Crippen molar-refractivity contribution < 1.29 is 0 Å². The predicted octanol–water partition coefficient (Wildman–Crippen LogP) is 1.65. The Bertz CT molecular complexity index is 923. The Balaban J connectivity index is 1.57. The van der Waals surface area contributed by atoms with Gasteiger partial charge in [0.05, 0.1) is 22.7 Å². The molecule has 7 nitrogen and oxygen atoms in total. The van der Waals surface area contributed by atoms with Crippen LogP contribution in [-0.4, -0.2) is 43.4 Å². The van der Waals surface area contributed by atoms with Gasteiger partial charge in [-0.05, 0) is 33.1 Å². The van der Waals surface area contributed by atoms with Crippen molar-refractivity contribution in [2.24, 2.45) is 12.0 Å². The first-order valence-corrected chi connectivity index (χ1v) is 9.40. The quantitative estimate of drug-likeness (QED) is 0.909. The minimum Gasteiger partial charge on any atom is -0.305 e. The lowest BCUT2D eigenvalue weighted by Gasteiger charge is -2.28. The fraction of sp³-hybridized carbons (Fsp3) is 0.579. The van der Waals surface area contributed by atoms with E-state index in [0.717, 1.165) is 68.0 Å². The summed E-state index contributed by atoms with van der Waals surface area (Å²) in [6, 6.07) is 0. The molecule has 0 bridgehead atoms. The van der Waals surface area contributed by atoms with E-state index in [1.54, 1.807) is 0 Å². The van der Waals surface area contributed by atoms with Gasteiger partial charge in [0.1, 0.15) is 0 Å². The molecule has 0 unspecified atom stereocenters. The first-order chi connectivity index (χ1) is 12.5. The summed E-state index contributed by atoms with van der Waals surface area (Å²) in [5.41, 5.74) is 6.19. The SMILES string of the molecule is Cc1nn(C)c(C)c1CN1CCc2nc(C3=NCCCC3)[nH]c(=O)c2C1. The second kappa shape index (κ2) is 6.79. The van der Waals surface area contributed by atoms with Crippen molar-refractivity contribution in [2.75, 3.05) is 13.1 Å². The van der Waals surface area contributed by atoms with E-state index in [1.165, 1.54) is 11.3 Å². The lowest BCUT2D eigenvalue weighted by atomic mass is 10.0. The molecule has 0 spiro atoms. The van der Waals surface area contributed by atoms with Crippen LogP contribution in [0.1, 0.15) is 53.3 Å². The van der Waals surface area contributed by atoms with E-state index in [4.69, 9.17) is 4.98 Å². The topological polar surface area (TPSA) is 79.2 Å². The third-order valence-electron chi connectivity index (χ3n) is 5.59. The van der Waals surface area contributed by atoms with Gasteiger partial charge in [-0.2, -0.15) is 5.10 Å². The second-order valence-electron chi connectivity index (χ2n) is 7.36. The average Bonchev–Trinajstić information content (AvgIpc) is 2.89. The summed E-state index contributed by atoms with van der Waals surface area (Å²) < 4.78 is 1.92. The largest absolute Gasteiger partial charge is 0.305 e. The van der Waals surface area contributed by atoms with Gasteiger partial charge in [-0.3, -0.25) is 19.4 Å². The molecule has 26 heavy (non-hydrogen) atoms. The molecule has 0 radical (unpaired) electrons. The van der Waals surface area contributed by atoms with Crippen molar-refractivity contribution in [3.63, 3.8) is 0 Å². The van der Waals surface area contributed by atoms with Crippen LogP contribution in [-0.2, 0) is 26.6 Å². The van der Waals surface area contributed by atoms with E-state index >= 15 is 0 Å². The highest BCUT2D eigenvalue weighted by molar-refractivity contribution is 5.97. The van der Waals surface area contributed by atoms with Crippen LogP contribution < -0.4 is 5.56 Å². The fourth-order valence-corrected chi connectivity index (χ4v) is 3.91. The average molecular weight is 354 g/mol. The molecular formula is C19H26N6O. The van der Waals surface area contributed by atoms with Gasteiger partial charge < -0.3 is 4.98 Å². The van der Waals surface area contributed by atoms with Crippen molar-refractivity contribution >= 4 is 5.71 Å². The summed E-state index contributed by atoms with van der Waals surface area (Å²) in [6.45, 7) is 7.35. The summed E-state index contributed by atoms with van der Waals surface area (Å²) in [6.07, 6.45) is 3.96. The molecule has 4 heterocycles. The zero-order valence-corrected chi connectivity index (χ0v) is 15.8. The van der Waals surface area contributed by atoms with Crippen LogP contribution in [0.25, 0.3) is 0 Å². The van der Waals surface area contributed by atoms with Crippen LogP contribution in [0.4, 0.5) is 0 Å². The molecule has 0 atom stereocenters. The number of rotatable bonds is 3. The Morgan fingerprint density at radius 3 is 2.73 bits per heavy atom. The molecule has 1 N–H and O–H groups in total. The van der Waals surface area contributed by atoms with Gasteiger partial charge in [0.15, 0.2) is 5.82 Å². The molecule has 138 valence electrons. The molecule has 2 aliphatic heterocycles. The highest BCUT2D eigenvalue weighted by Crippen LogP contribution is 2.20. The maximum Gasteiger partial charge on any atom is 0.255 e. The highest BCUT2D eigenvalue weighted by Gasteiger charge is 2.24. The van der Waals surface area contributed by atoms with Crippen LogP contribution >= 0.6 is 0 Å². The van der Waals surface area contributed by atoms with Crippen LogP contribution in [0.5, 0.6) is 0 Å². The fourth-order valence-electron chi connectivity index (χ4n) is 3.91. The third-order valence-corrected chi connectivity index (χ3v) is 5.59. The Morgan fingerprint density at radius 1 is 1.19 bits per heavy atom. The standard InChI is InChI=1S/C19H26N6O/c1-12-14(13(2)24(3)23-12)10-25-9-7-16-15(11-25)19(26)22-18(21-16)17-6-4-5-8-20-17/h4-11H2,1-3H3,(H,21,22,26). The van der Waals surface area contributed by atoms with Crippen LogP contribution in [0.15, 0.2) is 9.79 Å². The first kappa shape index (κ1) is 17.1. The van der Waals surface area contributed by atoms with Crippen molar-refractivity contribution in [2.45, 2.75) is 52.6 Å². The Kier molecular flexibility index (Phi) is 4.48. The van der Waals surface area contributed by atoms with Crippen molar-refractivity contribution in [3.8, 4) is 0 Å². The summed E-state index contributed by atoms with van der Waals surface area (Å²) >= 11 is 0. The number of hydrogen-bond acceptors (Lipinski definition) is 5. The second-order valence-corrected chi connectivity index (χ2v) is 7.36. The molecule has 0 fully saturated rings. The number of nitrogens with zero attached hydrogens (tertiary/aromatic N) is 5. The van der Waals surface area contributed by atoms with E-state index in [-0.39, 0.29) is 5.56 Å². The number of aliphatic imine (C=N–C) groups is 1. The number of H-pyrrole nitrogens is 1. The maximum absolute atomic E-state index is 12.7. The molecule has 2 aromatic heterocycles. The van der Waals surface area contributed by atoms with Gasteiger partial charge in [0, 0.05) is 50.9 Å². The molecular weight excluding hydrogens is 328 g/mol. The van der Waals surface area contributed by atoms with E-state index in [0.29, 0.717) is 12.4 Å². The van der Waals surface area contributed by atoms with E-state index in [9.17, 15) is 4.79 Å². The first-order valence-electron chi connectivity index (χ1n) is 9.40. The molecule has 0 saturated heterocycles. The van der Waals surface area contributed by atoms with Crippen LogP contribution in [0.3, 0.4) is 0 Å². The van der Waals surface area contributed by atoms with Crippen molar-refractivity contribution in [1.82, 2.24) is 24.6 Å².